The second-order valence-electron chi connectivity index (χ2n) is 6.62. The highest BCUT2D eigenvalue weighted by Crippen LogP contribution is 2.17. The number of carbonyl (C=O) groups is 2. The Morgan fingerprint density at radius 2 is 2.07 bits per heavy atom. The highest BCUT2D eigenvalue weighted by Gasteiger charge is 2.25. The minimum Gasteiger partial charge on any atom is -0.483 e. The van der Waals surface area contributed by atoms with Crippen molar-refractivity contribution in [1.29, 1.82) is 0 Å². The van der Waals surface area contributed by atoms with Gasteiger partial charge in [0.1, 0.15) is 5.82 Å². The number of carboxylic acid groups (broad SMARTS) is 1. The quantitative estimate of drug-likeness (QED) is 0.797. The third-order valence-corrected chi connectivity index (χ3v) is 4.66. The summed E-state index contributed by atoms with van der Waals surface area (Å²) in [7, 11) is 0. The van der Waals surface area contributed by atoms with E-state index in [4.69, 9.17) is 14.6 Å². The van der Waals surface area contributed by atoms with E-state index in [2.05, 4.69) is 9.88 Å². The number of aromatic nitrogens is 1. The number of carbonyl (C=O) groups excluding carboxylic acids is 1. The van der Waals surface area contributed by atoms with E-state index in [1.807, 2.05) is 0 Å². The van der Waals surface area contributed by atoms with E-state index in [0.29, 0.717) is 25.1 Å². The van der Waals surface area contributed by atoms with E-state index >= 15 is 0 Å². The molecule has 2 fully saturated rings. The number of nitrogens with zero attached hydrogens (tertiary/aromatic N) is 3. The Morgan fingerprint density at radius 3 is 2.74 bits per heavy atom. The van der Waals surface area contributed by atoms with E-state index in [9.17, 15) is 13.6 Å². The van der Waals surface area contributed by atoms with Crippen molar-refractivity contribution in [2.24, 2.45) is 5.92 Å². The van der Waals surface area contributed by atoms with Crippen molar-refractivity contribution in [3.05, 3.63) is 29.6 Å². The Hall–Kier alpha value is -2.13. The Morgan fingerprint density at radius 1 is 1.30 bits per heavy atom. The first-order valence-corrected chi connectivity index (χ1v) is 9.03. The van der Waals surface area contributed by atoms with Crippen LogP contribution in [0.3, 0.4) is 0 Å². The molecule has 0 bridgehead atoms. The second kappa shape index (κ2) is 10.9. The summed E-state index contributed by atoms with van der Waals surface area (Å²) >= 11 is 0. The van der Waals surface area contributed by atoms with Gasteiger partial charge in [0.15, 0.2) is 11.5 Å². The van der Waals surface area contributed by atoms with E-state index in [1.54, 1.807) is 4.90 Å². The predicted molar refractivity (Wildman–Crippen MR) is 93.3 cm³/mol. The molecule has 2 aliphatic heterocycles. The van der Waals surface area contributed by atoms with Crippen LogP contribution in [0.15, 0.2) is 12.3 Å². The summed E-state index contributed by atoms with van der Waals surface area (Å²) in [5.74, 6) is -1.59. The zero-order chi connectivity index (χ0) is 19.6. The fraction of sp³-hybridized carbons (Fsp3) is 0.611. The van der Waals surface area contributed by atoms with Crippen molar-refractivity contribution in [2.75, 3.05) is 45.9 Å². The molecule has 2 aliphatic rings. The molecular formula is C18H25F2N3O4. The Balaban J connectivity index is 0.000000817. The van der Waals surface area contributed by atoms with Crippen LogP contribution in [-0.4, -0.2) is 78.2 Å². The second-order valence-corrected chi connectivity index (χ2v) is 6.62. The highest BCUT2D eigenvalue weighted by molar-refractivity contribution is 5.92. The summed E-state index contributed by atoms with van der Waals surface area (Å²) in [4.78, 5) is 28.4. The average Bonchev–Trinajstić information content (AvgIpc) is 2.88. The zero-order valence-electron chi connectivity index (χ0n) is 15.1. The normalized spacial score (nSPS) is 21.0. The molecule has 1 atom stereocenters. The summed E-state index contributed by atoms with van der Waals surface area (Å²) in [6.07, 6.45) is 4.01. The van der Waals surface area contributed by atoms with E-state index in [0.717, 1.165) is 51.9 Å². The van der Waals surface area contributed by atoms with Crippen LogP contribution in [0.5, 0.6) is 0 Å². The van der Waals surface area contributed by atoms with Crippen LogP contribution in [0.1, 0.15) is 29.8 Å². The minimum absolute atomic E-state index is 0.250. The average molecular weight is 385 g/mol. The largest absolute Gasteiger partial charge is 0.483 e. The first-order chi connectivity index (χ1) is 13.0. The maximum absolute atomic E-state index is 13.8. The molecule has 0 saturated carbocycles. The van der Waals surface area contributed by atoms with Gasteiger partial charge in [-0.15, -0.1) is 0 Å². The Bertz CT molecular complexity index is 627. The van der Waals surface area contributed by atoms with Crippen molar-refractivity contribution in [3.63, 3.8) is 0 Å². The lowest BCUT2D eigenvalue weighted by Gasteiger charge is -2.28. The van der Waals surface area contributed by atoms with Gasteiger partial charge in [-0.1, -0.05) is 0 Å². The molecule has 7 nitrogen and oxygen atoms in total. The fourth-order valence-corrected chi connectivity index (χ4v) is 3.39. The molecule has 3 heterocycles. The van der Waals surface area contributed by atoms with Gasteiger partial charge in [-0.3, -0.25) is 9.59 Å². The standard InChI is InChI=1S/C17H23F2N3O2.CH2O2/c18-14-9-15(19)16(20-10-14)17(23)22-5-2-4-21(6-7-22)11-13-3-1-8-24-12-13;2-1-3/h9-10,13H,1-8,11-12H2;1H,(H,2,3). The lowest BCUT2D eigenvalue weighted by atomic mass is 10.0. The van der Waals surface area contributed by atoms with Gasteiger partial charge in [-0.25, -0.2) is 13.8 Å². The molecule has 1 N–H and O–H groups in total. The summed E-state index contributed by atoms with van der Waals surface area (Å²) < 4.78 is 32.2. The third kappa shape index (κ3) is 6.51. The molecule has 0 aliphatic carbocycles. The van der Waals surface area contributed by atoms with Crippen LogP contribution in [-0.2, 0) is 9.53 Å². The third-order valence-electron chi connectivity index (χ3n) is 4.66. The smallest absolute Gasteiger partial charge is 0.290 e. The maximum Gasteiger partial charge on any atom is 0.290 e. The first kappa shape index (κ1) is 21.2. The van der Waals surface area contributed by atoms with Gasteiger partial charge in [0.25, 0.3) is 12.4 Å². The SMILES string of the molecule is O=C(c1ncc(F)cc1F)N1CCCN(CC2CCCOC2)CC1.O=CO. The number of hydrogen-bond acceptors (Lipinski definition) is 5. The monoisotopic (exact) mass is 385 g/mol. The minimum atomic E-state index is -0.902. The van der Waals surface area contributed by atoms with Gasteiger partial charge < -0.3 is 19.6 Å². The molecule has 0 radical (unpaired) electrons. The molecule has 1 unspecified atom stereocenters. The van der Waals surface area contributed by atoms with Crippen LogP contribution in [0.4, 0.5) is 8.78 Å². The van der Waals surface area contributed by atoms with Crippen LogP contribution in [0.25, 0.3) is 0 Å². The highest BCUT2D eigenvalue weighted by atomic mass is 19.1. The van der Waals surface area contributed by atoms with Gasteiger partial charge in [0.2, 0.25) is 0 Å². The lowest BCUT2D eigenvalue weighted by Crippen LogP contribution is -2.38. The number of amides is 1. The molecule has 150 valence electrons. The van der Waals surface area contributed by atoms with Gasteiger partial charge in [-0.2, -0.15) is 0 Å². The first-order valence-electron chi connectivity index (χ1n) is 9.03. The van der Waals surface area contributed by atoms with Gasteiger partial charge in [-0.05, 0) is 31.7 Å². The van der Waals surface area contributed by atoms with Crippen molar-refractivity contribution in [1.82, 2.24) is 14.8 Å². The van der Waals surface area contributed by atoms with Gasteiger partial charge in [0.05, 0.1) is 12.8 Å². The van der Waals surface area contributed by atoms with E-state index in [1.165, 1.54) is 6.42 Å². The molecule has 9 heteroatoms. The molecule has 2 saturated heterocycles. The predicted octanol–water partition coefficient (Wildman–Crippen LogP) is 1.64. The number of pyridine rings is 1. The molecule has 0 aromatic carbocycles. The van der Waals surface area contributed by atoms with Crippen LogP contribution >= 0.6 is 0 Å². The number of halogens is 2. The molecule has 1 amide bonds. The van der Waals surface area contributed by atoms with Crippen LogP contribution in [0.2, 0.25) is 0 Å². The Labute approximate surface area is 156 Å². The molecule has 3 rings (SSSR count). The van der Waals surface area contributed by atoms with Crippen LogP contribution < -0.4 is 0 Å². The molecular weight excluding hydrogens is 360 g/mol. The van der Waals surface area contributed by atoms with Crippen molar-refractivity contribution >= 4 is 12.4 Å². The van der Waals surface area contributed by atoms with E-state index in [-0.39, 0.29) is 12.2 Å². The molecule has 0 spiro atoms. The molecule has 1 aromatic heterocycles. The summed E-state index contributed by atoms with van der Waals surface area (Å²) in [5.41, 5.74) is -0.300. The molecule has 1 aromatic rings. The van der Waals surface area contributed by atoms with Crippen molar-refractivity contribution < 1.29 is 28.2 Å². The summed E-state index contributed by atoms with van der Waals surface area (Å²) in [5, 5.41) is 6.89. The van der Waals surface area contributed by atoms with E-state index < -0.39 is 17.5 Å². The number of ether oxygens (including phenoxy) is 1. The summed E-state index contributed by atoms with van der Waals surface area (Å²) in [6, 6.07) is 0.702. The fourth-order valence-electron chi connectivity index (χ4n) is 3.39. The maximum atomic E-state index is 13.8. The Kier molecular flexibility index (Phi) is 8.53. The van der Waals surface area contributed by atoms with Crippen LogP contribution in [0, 0.1) is 17.6 Å². The summed E-state index contributed by atoms with van der Waals surface area (Å²) in [6.45, 7) is 5.16. The topological polar surface area (TPSA) is 83.0 Å². The van der Waals surface area contributed by atoms with Gasteiger partial charge in [0, 0.05) is 38.9 Å². The number of rotatable bonds is 3. The van der Waals surface area contributed by atoms with Crippen molar-refractivity contribution in [2.45, 2.75) is 19.3 Å². The number of hydrogen-bond donors (Lipinski definition) is 1. The van der Waals surface area contributed by atoms with Crippen molar-refractivity contribution in [3.8, 4) is 0 Å². The molecule has 27 heavy (non-hydrogen) atoms. The lowest BCUT2D eigenvalue weighted by molar-refractivity contribution is -0.122. The van der Waals surface area contributed by atoms with Gasteiger partial charge >= 0.3 is 0 Å². The zero-order valence-corrected chi connectivity index (χ0v) is 15.1.